The number of nitrogens with two attached hydrogens (primary N) is 1. The molecule has 0 bridgehead atoms. The number of hydrogen-bond acceptors (Lipinski definition) is 5. The maximum Gasteiger partial charge on any atom is 0.315 e. The van der Waals surface area contributed by atoms with Gasteiger partial charge in [0.05, 0.1) is 24.4 Å². The molecular formula is C25H32F2N6O2. The number of amides is 3. The van der Waals surface area contributed by atoms with Crippen LogP contribution in [0.2, 0.25) is 0 Å². The highest BCUT2D eigenvalue weighted by Gasteiger charge is 2.61. The van der Waals surface area contributed by atoms with Gasteiger partial charge in [-0.25, -0.2) is 13.6 Å². The fraction of sp³-hybridized carbons (Fsp3) is 0.680. The summed E-state index contributed by atoms with van der Waals surface area (Å²) in [6.45, 7) is 2.04. The standard InChI is InChI=1S/C25H32F2N6O2/c26-25(27,13-17-3-1-2-10-30-17)14-19(21(34)31-24(15-28)6-7-24)20-23(16-33(20)22(29)35)8-11-32(12-9-23)18-4-5-18/h1-3,10,18-20H,4-9,11-14,16H2,(H2,29,35)(H,31,34)/t19-,20?/m0/s1. The van der Waals surface area contributed by atoms with E-state index in [4.69, 9.17) is 5.73 Å². The Kier molecular flexibility index (Phi) is 5.94. The topological polar surface area (TPSA) is 115 Å². The number of aromatic nitrogens is 1. The van der Waals surface area contributed by atoms with Crippen molar-refractivity contribution in [3.05, 3.63) is 30.1 Å². The average molecular weight is 487 g/mol. The lowest BCUT2D eigenvalue weighted by Gasteiger charge is -2.62. The number of piperidine rings is 1. The number of urea groups is 1. The van der Waals surface area contributed by atoms with Crippen LogP contribution in [-0.4, -0.2) is 69.9 Å². The molecule has 2 aliphatic carbocycles. The summed E-state index contributed by atoms with van der Waals surface area (Å²) in [6, 6.07) is 6.13. The highest BCUT2D eigenvalue weighted by molar-refractivity contribution is 5.83. The fourth-order valence-electron chi connectivity index (χ4n) is 6.06. The van der Waals surface area contributed by atoms with Crippen molar-refractivity contribution in [3.8, 4) is 6.07 Å². The van der Waals surface area contributed by atoms with Crippen molar-refractivity contribution in [2.45, 2.75) is 74.9 Å². The van der Waals surface area contributed by atoms with E-state index in [2.05, 4.69) is 21.3 Å². The summed E-state index contributed by atoms with van der Waals surface area (Å²) in [7, 11) is 0. The molecule has 35 heavy (non-hydrogen) atoms. The maximum absolute atomic E-state index is 15.4. The van der Waals surface area contributed by atoms with Crippen LogP contribution >= 0.6 is 0 Å². The molecule has 2 atom stereocenters. The van der Waals surface area contributed by atoms with Crippen molar-refractivity contribution < 1.29 is 18.4 Å². The number of rotatable bonds is 8. The molecule has 1 unspecified atom stereocenters. The molecule has 1 aromatic heterocycles. The highest BCUT2D eigenvalue weighted by atomic mass is 19.3. The van der Waals surface area contributed by atoms with Crippen LogP contribution in [0.25, 0.3) is 0 Å². The minimum absolute atomic E-state index is 0.236. The first-order valence-corrected chi connectivity index (χ1v) is 12.5. The van der Waals surface area contributed by atoms with Crippen LogP contribution in [0.1, 0.15) is 50.6 Å². The molecular weight excluding hydrogens is 454 g/mol. The number of carbonyl (C=O) groups is 2. The zero-order chi connectivity index (χ0) is 24.8. The highest BCUT2D eigenvalue weighted by Crippen LogP contribution is 2.52. The van der Waals surface area contributed by atoms with E-state index in [-0.39, 0.29) is 5.69 Å². The molecule has 2 saturated carbocycles. The smallest absolute Gasteiger partial charge is 0.315 e. The summed E-state index contributed by atoms with van der Waals surface area (Å²) in [6.07, 6.45) is 4.95. The van der Waals surface area contributed by atoms with Crippen molar-refractivity contribution in [3.63, 3.8) is 0 Å². The minimum Gasteiger partial charge on any atom is -0.351 e. The molecule has 1 aromatic rings. The van der Waals surface area contributed by atoms with Crippen molar-refractivity contribution in [2.24, 2.45) is 17.1 Å². The van der Waals surface area contributed by atoms with Gasteiger partial charge in [0.25, 0.3) is 5.92 Å². The van der Waals surface area contributed by atoms with Gasteiger partial charge < -0.3 is 20.9 Å². The van der Waals surface area contributed by atoms with Crippen LogP contribution in [0.4, 0.5) is 13.6 Å². The predicted octanol–water partition coefficient (Wildman–Crippen LogP) is 2.45. The monoisotopic (exact) mass is 486 g/mol. The number of pyridine rings is 1. The lowest BCUT2D eigenvalue weighted by molar-refractivity contribution is -0.153. The van der Waals surface area contributed by atoms with Gasteiger partial charge in [-0.2, -0.15) is 5.26 Å². The number of carbonyl (C=O) groups excluding carboxylic acids is 2. The zero-order valence-corrected chi connectivity index (χ0v) is 19.8. The lowest BCUT2D eigenvalue weighted by Crippen LogP contribution is -2.73. The first kappa shape index (κ1) is 23.9. The van der Waals surface area contributed by atoms with Gasteiger partial charge in [-0.05, 0) is 63.7 Å². The van der Waals surface area contributed by atoms with Gasteiger partial charge in [0.2, 0.25) is 5.91 Å². The largest absolute Gasteiger partial charge is 0.351 e. The molecule has 8 nitrogen and oxygen atoms in total. The van der Waals surface area contributed by atoms with E-state index in [1.807, 2.05) is 0 Å². The number of hydrogen-bond donors (Lipinski definition) is 2. The number of likely N-dealkylation sites (tertiary alicyclic amines) is 2. The number of nitriles is 1. The molecule has 3 heterocycles. The molecule has 0 radical (unpaired) electrons. The maximum atomic E-state index is 15.4. The lowest BCUT2D eigenvalue weighted by atomic mass is 9.60. The Labute approximate surface area is 203 Å². The Balaban J connectivity index is 1.41. The molecule has 4 fully saturated rings. The number of primary amides is 1. The van der Waals surface area contributed by atoms with Crippen LogP contribution in [-0.2, 0) is 11.2 Å². The van der Waals surface area contributed by atoms with E-state index < -0.39 is 53.6 Å². The van der Waals surface area contributed by atoms with Gasteiger partial charge in [0.15, 0.2) is 0 Å². The Morgan fingerprint density at radius 1 is 1.26 bits per heavy atom. The van der Waals surface area contributed by atoms with E-state index in [1.165, 1.54) is 30.0 Å². The van der Waals surface area contributed by atoms with Crippen molar-refractivity contribution in [1.82, 2.24) is 20.1 Å². The van der Waals surface area contributed by atoms with E-state index in [1.54, 1.807) is 12.1 Å². The SMILES string of the molecule is N#CC1(NC(=O)[C@@H](CC(F)(F)Cc2ccccn2)C2N(C(N)=O)CC23CCN(C2CC2)CC3)CC1. The molecule has 1 spiro atoms. The number of nitrogens with zero attached hydrogens (tertiary/aromatic N) is 4. The summed E-state index contributed by atoms with van der Waals surface area (Å²) in [4.78, 5) is 33.6. The molecule has 5 rings (SSSR count). The van der Waals surface area contributed by atoms with Gasteiger partial charge in [-0.15, -0.1) is 0 Å². The van der Waals surface area contributed by atoms with Crippen molar-refractivity contribution in [2.75, 3.05) is 19.6 Å². The molecule has 2 saturated heterocycles. The van der Waals surface area contributed by atoms with Crippen molar-refractivity contribution >= 4 is 11.9 Å². The second kappa shape index (κ2) is 8.70. The van der Waals surface area contributed by atoms with Crippen molar-refractivity contribution in [1.29, 1.82) is 5.26 Å². The predicted molar refractivity (Wildman–Crippen MR) is 123 cm³/mol. The van der Waals surface area contributed by atoms with Gasteiger partial charge in [-0.1, -0.05) is 6.07 Å². The van der Waals surface area contributed by atoms with E-state index in [0.29, 0.717) is 25.4 Å². The molecule has 188 valence electrons. The second-order valence-corrected chi connectivity index (χ2v) is 10.9. The number of nitrogens with one attached hydrogen (secondary N) is 1. The normalized spacial score (nSPS) is 25.9. The van der Waals surface area contributed by atoms with Gasteiger partial charge in [-0.3, -0.25) is 9.78 Å². The minimum atomic E-state index is -3.23. The summed E-state index contributed by atoms with van der Waals surface area (Å²) >= 11 is 0. The third-order valence-corrected chi connectivity index (χ3v) is 8.32. The van der Waals surface area contributed by atoms with Gasteiger partial charge >= 0.3 is 6.03 Å². The Bertz CT molecular complexity index is 1010. The molecule has 0 aromatic carbocycles. The summed E-state index contributed by atoms with van der Waals surface area (Å²) in [5.74, 6) is -4.99. The fourth-order valence-corrected chi connectivity index (χ4v) is 6.06. The quantitative estimate of drug-likeness (QED) is 0.586. The molecule has 2 aliphatic heterocycles. The van der Waals surface area contributed by atoms with Crippen LogP contribution in [0.3, 0.4) is 0 Å². The molecule has 4 aliphatic rings. The Morgan fingerprint density at radius 2 is 1.97 bits per heavy atom. The third-order valence-electron chi connectivity index (χ3n) is 8.32. The second-order valence-electron chi connectivity index (χ2n) is 10.9. The van der Waals surface area contributed by atoms with Crippen LogP contribution < -0.4 is 11.1 Å². The van der Waals surface area contributed by atoms with E-state index in [9.17, 15) is 14.9 Å². The van der Waals surface area contributed by atoms with Crippen LogP contribution in [0.5, 0.6) is 0 Å². The Morgan fingerprint density at radius 3 is 2.51 bits per heavy atom. The summed E-state index contributed by atoms with van der Waals surface area (Å²) in [5, 5.41) is 12.2. The summed E-state index contributed by atoms with van der Waals surface area (Å²) in [5.41, 5.74) is 4.47. The van der Waals surface area contributed by atoms with Crippen LogP contribution in [0, 0.1) is 22.7 Å². The zero-order valence-electron chi connectivity index (χ0n) is 19.8. The molecule has 3 amide bonds. The van der Waals surface area contributed by atoms with E-state index >= 15 is 8.78 Å². The summed E-state index contributed by atoms with van der Waals surface area (Å²) < 4.78 is 30.8. The van der Waals surface area contributed by atoms with E-state index in [0.717, 1.165) is 25.9 Å². The Hall–Kier alpha value is -2.80. The number of alkyl halides is 2. The average Bonchev–Trinajstić information content (AvgIpc) is 3.73. The first-order valence-electron chi connectivity index (χ1n) is 12.5. The third kappa shape index (κ3) is 4.83. The number of halogens is 2. The van der Waals surface area contributed by atoms with Gasteiger partial charge in [0, 0.05) is 36.3 Å². The van der Waals surface area contributed by atoms with Gasteiger partial charge in [0.1, 0.15) is 5.54 Å². The molecule has 3 N–H and O–H groups in total. The molecule has 10 heteroatoms. The van der Waals surface area contributed by atoms with Crippen LogP contribution in [0.15, 0.2) is 24.4 Å². The first-order chi connectivity index (χ1) is 16.7.